The van der Waals surface area contributed by atoms with Crippen molar-refractivity contribution in [1.82, 2.24) is 0 Å². The second-order valence-corrected chi connectivity index (χ2v) is 8.27. The van der Waals surface area contributed by atoms with Gasteiger partial charge in [0.1, 0.15) is 0 Å². The van der Waals surface area contributed by atoms with Crippen LogP contribution in [0.5, 0.6) is 0 Å². The molecule has 0 aromatic rings. The Balaban J connectivity index is 1.53. The lowest BCUT2D eigenvalue weighted by atomic mass is 9.70. The van der Waals surface area contributed by atoms with Gasteiger partial charge in [-0.1, -0.05) is 32.3 Å². The summed E-state index contributed by atoms with van der Waals surface area (Å²) in [5.74, 6) is 3.83. The molecule has 0 amide bonds. The molecule has 24 heavy (non-hydrogen) atoms. The number of fused-ring (bicyclic) bond motifs is 2. The van der Waals surface area contributed by atoms with Crippen LogP contribution in [0.2, 0.25) is 0 Å². The van der Waals surface area contributed by atoms with Crippen molar-refractivity contribution in [3.63, 3.8) is 0 Å². The van der Waals surface area contributed by atoms with E-state index in [4.69, 9.17) is 4.74 Å². The third-order valence-electron chi connectivity index (χ3n) is 6.79. The van der Waals surface area contributed by atoms with E-state index in [9.17, 15) is 5.11 Å². The Bertz CT molecular complexity index is 476. The maximum Gasteiger partial charge on any atom is 0.0993 e. The topological polar surface area (TPSA) is 29.5 Å². The molecule has 0 radical (unpaired) electrons. The fraction of sp³-hybridized carbons (Fsp3) is 0.818. The summed E-state index contributed by atoms with van der Waals surface area (Å²) in [4.78, 5) is 0. The fourth-order valence-corrected chi connectivity index (χ4v) is 5.39. The molecule has 0 aromatic heterocycles. The molecule has 0 bridgehead atoms. The van der Waals surface area contributed by atoms with E-state index in [0.717, 1.165) is 43.4 Å². The van der Waals surface area contributed by atoms with E-state index in [0.29, 0.717) is 0 Å². The number of aliphatic hydroxyl groups excluding tert-OH is 1. The zero-order chi connectivity index (χ0) is 16.9. The Morgan fingerprint density at radius 1 is 1.21 bits per heavy atom. The van der Waals surface area contributed by atoms with Gasteiger partial charge in [-0.3, -0.25) is 0 Å². The lowest BCUT2D eigenvalue weighted by Gasteiger charge is -2.35. The van der Waals surface area contributed by atoms with E-state index in [-0.39, 0.29) is 6.10 Å². The van der Waals surface area contributed by atoms with Crippen LogP contribution in [0.3, 0.4) is 0 Å². The predicted octanol–water partition coefficient (Wildman–Crippen LogP) is 5.76. The van der Waals surface area contributed by atoms with Crippen LogP contribution in [0, 0.1) is 17.8 Å². The van der Waals surface area contributed by atoms with Crippen molar-refractivity contribution < 1.29 is 9.84 Å². The van der Waals surface area contributed by atoms with Crippen LogP contribution in [-0.4, -0.2) is 18.3 Å². The Morgan fingerprint density at radius 3 is 2.88 bits per heavy atom. The molecule has 4 unspecified atom stereocenters. The van der Waals surface area contributed by atoms with Gasteiger partial charge >= 0.3 is 0 Å². The van der Waals surface area contributed by atoms with Gasteiger partial charge in [0.15, 0.2) is 0 Å². The van der Waals surface area contributed by atoms with E-state index in [1.54, 1.807) is 11.1 Å². The van der Waals surface area contributed by atoms with Crippen molar-refractivity contribution in [3.8, 4) is 0 Å². The van der Waals surface area contributed by atoms with E-state index in [2.05, 4.69) is 13.0 Å². The number of allylic oxidation sites excluding steroid dienone is 4. The van der Waals surface area contributed by atoms with Crippen molar-refractivity contribution in [3.05, 3.63) is 23.0 Å². The van der Waals surface area contributed by atoms with Crippen LogP contribution in [0.25, 0.3) is 0 Å². The molecule has 2 heteroatoms. The second kappa shape index (κ2) is 8.56. The maximum absolute atomic E-state index is 10.3. The Morgan fingerprint density at radius 2 is 2.08 bits per heavy atom. The average Bonchev–Trinajstić information content (AvgIpc) is 2.99. The first kappa shape index (κ1) is 18.0. The first-order valence-electron chi connectivity index (χ1n) is 10.4. The summed E-state index contributed by atoms with van der Waals surface area (Å²) in [6.07, 6.45) is 16.9. The van der Waals surface area contributed by atoms with Crippen LogP contribution in [0.15, 0.2) is 23.0 Å². The van der Waals surface area contributed by atoms with Gasteiger partial charge in [-0.05, 0) is 80.3 Å². The molecule has 0 aromatic carbocycles. The smallest absolute Gasteiger partial charge is 0.0993 e. The largest absolute Gasteiger partial charge is 0.501 e. The number of hydrogen-bond acceptors (Lipinski definition) is 2. The van der Waals surface area contributed by atoms with Gasteiger partial charge in [0, 0.05) is 6.42 Å². The third-order valence-corrected chi connectivity index (χ3v) is 6.79. The quantitative estimate of drug-likeness (QED) is 0.572. The number of rotatable bonds is 8. The summed E-state index contributed by atoms with van der Waals surface area (Å²) >= 11 is 0. The highest BCUT2D eigenvalue weighted by Crippen LogP contribution is 2.52. The molecular weight excluding hydrogens is 296 g/mol. The molecule has 0 heterocycles. The van der Waals surface area contributed by atoms with Gasteiger partial charge in [0.05, 0.1) is 19.0 Å². The van der Waals surface area contributed by atoms with Crippen molar-refractivity contribution in [2.24, 2.45) is 17.8 Å². The first-order chi connectivity index (χ1) is 11.7. The molecule has 136 valence electrons. The molecule has 3 aliphatic carbocycles. The van der Waals surface area contributed by atoms with Gasteiger partial charge < -0.3 is 9.84 Å². The summed E-state index contributed by atoms with van der Waals surface area (Å²) in [7, 11) is 1.84. The Kier molecular flexibility index (Phi) is 6.43. The van der Waals surface area contributed by atoms with Gasteiger partial charge in [0.25, 0.3) is 0 Å². The highest BCUT2D eigenvalue weighted by Gasteiger charge is 2.41. The first-order valence-corrected chi connectivity index (χ1v) is 10.4. The Labute approximate surface area is 148 Å². The molecule has 2 fully saturated rings. The molecule has 1 N–H and O–H groups in total. The lowest BCUT2D eigenvalue weighted by molar-refractivity contribution is 0.134. The van der Waals surface area contributed by atoms with Crippen LogP contribution in [0.1, 0.15) is 84.0 Å². The summed E-state index contributed by atoms with van der Waals surface area (Å²) in [6.45, 7) is 2.23. The van der Waals surface area contributed by atoms with Crippen molar-refractivity contribution in [2.75, 3.05) is 7.11 Å². The summed E-state index contributed by atoms with van der Waals surface area (Å²) in [6, 6.07) is 0. The van der Waals surface area contributed by atoms with Crippen LogP contribution < -0.4 is 0 Å². The molecule has 4 atom stereocenters. The number of ether oxygens (including phenoxy) is 1. The van der Waals surface area contributed by atoms with Crippen molar-refractivity contribution >= 4 is 0 Å². The molecular formula is C22H36O2. The number of hydrogen-bond donors (Lipinski definition) is 1. The van der Waals surface area contributed by atoms with Gasteiger partial charge in [0.2, 0.25) is 0 Å². The van der Waals surface area contributed by atoms with Gasteiger partial charge in [-0.25, -0.2) is 0 Å². The molecule has 2 nitrogen and oxygen atoms in total. The summed E-state index contributed by atoms with van der Waals surface area (Å²) < 4.78 is 5.67. The van der Waals surface area contributed by atoms with Crippen molar-refractivity contribution in [1.29, 1.82) is 0 Å². The fourth-order valence-electron chi connectivity index (χ4n) is 5.39. The van der Waals surface area contributed by atoms with E-state index < -0.39 is 0 Å². The lowest BCUT2D eigenvalue weighted by Crippen LogP contribution is -2.24. The molecule has 0 saturated heterocycles. The monoisotopic (exact) mass is 332 g/mol. The minimum Gasteiger partial charge on any atom is -0.501 e. The number of aliphatic hydroxyl groups is 1. The number of methoxy groups -OCH3 is 1. The minimum atomic E-state index is -0.0661. The van der Waals surface area contributed by atoms with Crippen molar-refractivity contribution in [2.45, 2.75) is 90.1 Å². The number of unbranched alkanes of at least 4 members (excludes halogenated alkanes) is 2. The summed E-state index contributed by atoms with van der Waals surface area (Å²) in [5.41, 5.74) is 3.14. The molecule has 2 saturated carbocycles. The van der Waals surface area contributed by atoms with Crippen LogP contribution >= 0.6 is 0 Å². The Hall–Kier alpha value is -0.760. The highest BCUT2D eigenvalue weighted by molar-refractivity contribution is 5.39. The van der Waals surface area contributed by atoms with Crippen LogP contribution in [0.4, 0.5) is 0 Å². The average molecular weight is 333 g/mol. The molecule has 0 spiro atoms. The standard InChI is InChI=1S/C22H36O2/c1-3-4-5-8-19(23)13-12-16-10-11-18-15-21-17(14-20(16)18)7-6-9-22(21)24-2/h7,16,18-20,23H,3-6,8-15H2,1-2H3. The van der Waals surface area contributed by atoms with E-state index in [1.807, 2.05) is 7.11 Å². The zero-order valence-electron chi connectivity index (χ0n) is 15.7. The second-order valence-electron chi connectivity index (χ2n) is 8.27. The van der Waals surface area contributed by atoms with Crippen LogP contribution in [-0.2, 0) is 4.74 Å². The van der Waals surface area contributed by atoms with E-state index >= 15 is 0 Å². The summed E-state index contributed by atoms with van der Waals surface area (Å²) in [5, 5.41) is 10.3. The van der Waals surface area contributed by atoms with E-state index in [1.165, 1.54) is 57.1 Å². The highest BCUT2D eigenvalue weighted by atomic mass is 16.5. The zero-order valence-corrected chi connectivity index (χ0v) is 15.7. The molecule has 3 aliphatic rings. The molecule has 3 rings (SSSR count). The molecule has 0 aliphatic heterocycles. The minimum absolute atomic E-state index is 0.0661. The normalized spacial score (nSPS) is 30.6. The SMILES string of the molecule is CCCCCC(O)CCC1CCC2CC3=C(OC)CCC=C3CC12. The van der Waals surface area contributed by atoms with Gasteiger partial charge in [-0.15, -0.1) is 0 Å². The van der Waals surface area contributed by atoms with Gasteiger partial charge in [-0.2, -0.15) is 0 Å². The third kappa shape index (κ3) is 4.07. The predicted molar refractivity (Wildman–Crippen MR) is 99.7 cm³/mol. The maximum atomic E-state index is 10.3.